The van der Waals surface area contributed by atoms with Crippen molar-refractivity contribution in [3.05, 3.63) is 65.2 Å². The van der Waals surface area contributed by atoms with Gasteiger partial charge in [0, 0.05) is 6.54 Å². The van der Waals surface area contributed by atoms with E-state index in [-0.39, 0.29) is 12.5 Å². The molecule has 2 aromatic carbocycles. The van der Waals surface area contributed by atoms with Crippen molar-refractivity contribution in [1.82, 2.24) is 5.32 Å². The molecule has 1 fully saturated rings. The van der Waals surface area contributed by atoms with Crippen LogP contribution in [0, 0.1) is 6.92 Å². The number of aliphatic carboxylic acids is 1. The van der Waals surface area contributed by atoms with Crippen LogP contribution in [0.3, 0.4) is 0 Å². The average Bonchev–Trinajstić information content (AvgIpc) is 3.40. The average molecular weight is 339 g/mol. The first kappa shape index (κ1) is 17.0. The number of hydrogen-bond acceptors (Lipinski definition) is 3. The monoisotopic (exact) mass is 339 g/mol. The van der Waals surface area contributed by atoms with Crippen LogP contribution in [0.5, 0.6) is 5.75 Å². The molecular weight excluding hydrogens is 318 g/mol. The number of nitrogens with one attached hydrogen (secondary N) is 1. The van der Waals surface area contributed by atoms with Crippen molar-refractivity contribution in [3.63, 3.8) is 0 Å². The zero-order chi connectivity index (χ0) is 17.9. The first-order chi connectivity index (χ1) is 12.0. The van der Waals surface area contributed by atoms with Gasteiger partial charge in [0.15, 0.2) is 6.61 Å². The van der Waals surface area contributed by atoms with Gasteiger partial charge in [0.2, 0.25) is 5.91 Å². The molecule has 0 atom stereocenters. The smallest absolute Gasteiger partial charge is 0.341 e. The van der Waals surface area contributed by atoms with Gasteiger partial charge >= 0.3 is 5.97 Å². The number of carbonyl (C=O) groups excluding carboxylic acids is 1. The lowest BCUT2D eigenvalue weighted by molar-refractivity contribution is -0.139. The van der Waals surface area contributed by atoms with Gasteiger partial charge in [0.25, 0.3) is 0 Å². The molecule has 3 rings (SSSR count). The molecule has 0 aliphatic heterocycles. The third-order valence-corrected chi connectivity index (χ3v) is 4.47. The SMILES string of the molecule is Cc1cccc(C2(C(=O)NCc3cccc(OCC(=O)O)c3)CC2)c1. The Morgan fingerprint density at radius 3 is 2.60 bits per heavy atom. The van der Waals surface area contributed by atoms with Crippen LogP contribution in [0.2, 0.25) is 0 Å². The topological polar surface area (TPSA) is 75.6 Å². The van der Waals surface area contributed by atoms with Gasteiger partial charge in [-0.25, -0.2) is 4.79 Å². The standard InChI is InChI=1S/C20H21NO4/c1-14-4-2-6-16(10-14)20(8-9-20)19(24)21-12-15-5-3-7-17(11-15)25-13-18(22)23/h2-7,10-11H,8-9,12-13H2,1H3,(H,21,24)(H,22,23). The van der Waals surface area contributed by atoms with Gasteiger partial charge in [0.05, 0.1) is 5.41 Å². The number of hydrogen-bond donors (Lipinski definition) is 2. The van der Waals surface area contributed by atoms with Crippen LogP contribution < -0.4 is 10.1 Å². The fourth-order valence-electron chi connectivity index (χ4n) is 2.96. The van der Waals surface area contributed by atoms with E-state index in [0.717, 1.165) is 29.5 Å². The Morgan fingerprint density at radius 1 is 1.16 bits per heavy atom. The zero-order valence-corrected chi connectivity index (χ0v) is 14.1. The van der Waals surface area contributed by atoms with Crippen LogP contribution in [0.15, 0.2) is 48.5 Å². The van der Waals surface area contributed by atoms with E-state index in [1.165, 1.54) is 0 Å². The van der Waals surface area contributed by atoms with Crippen molar-refractivity contribution < 1.29 is 19.4 Å². The highest BCUT2D eigenvalue weighted by Crippen LogP contribution is 2.48. The Labute approximate surface area is 146 Å². The molecule has 0 spiro atoms. The van der Waals surface area contributed by atoms with Crippen LogP contribution in [-0.2, 0) is 21.5 Å². The Morgan fingerprint density at radius 2 is 1.92 bits per heavy atom. The number of carbonyl (C=O) groups is 2. The summed E-state index contributed by atoms with van der Waals surface area (Å²) in [5, 5.41) is 11.7. The number of ether oxygens (including phenoxy) is 1. The molecule has 1 aliphatic carbocycles. The molecule has 0 heterocycles. The number of carboxylic acids is 1. The number of amides is 1. The molecule has 5 nitrogen and oxygen atoms in total. The molecule has 5 heteroatoms. The lowest BCUT2D eigenvalue weighted by Crippen LogP contribution is -2.34. The second-order valence-corrected chi connectivity index (χ2v) is 6.46. The van der Waals surface area contributed by atoms with Gasteiger partial charge in [-0.3, -0.25) is 4.79 Å². The summed E-state index contributed by atoms with van der Waals surface area (Å²) in [5.41, 5.74) is 2.70. The fourth-order valence-corrected chi connectivity index (χ4v) is 2.96. The number of benzene rings is 2. The molecule has 130 valence electrons. The minimum absolute atomic E-state index is 0.0370. The minimum Gasteiger partial charge on any atom is -0.482 e. The van der Waals surface area contributed by atoms with Crippen molar-refractivity contribution in [2.75, 3.05) is 6.61 Å². The van der Waals surface area contributed by atoms with Crippen molar-refractivity contribution in [2.45, 2.75) is 31.7 Å². The van der Waals surface area contributed by atoms with Crippen LogP contribution >= 0.6 is 0 Å². The third-order valence-electron chi connectivity index (χ3n) is 4.47. The van der Waals surface area contributed by atoms with E-state index in [4.69, 9.17) is 9.84 Å². The summed E-state index contributed by atoms with van der Waals surface area (Å²) in [6.07, 6.45) is 1.73. The van der Waals surface area contributed by atoms with Crippen molar-refractivity contribution >= 4 is 11.9 Å². The van der Waals surface area contributed by atoms with Crippen molar-refractivity contribution in [1.29, 1.82) is 0 Å². The molecule has 1 amide bonds. The van der Waals surface area contributed by atoms with Gasteiger partial charge in [-0.2, -0.15) is 0 Å². The van der Waals surface area contributed by atoms with Crippen molar-refractivity contribution in [2.24, 2.45) is 0 Å². The maximum absolute atomic E-state index is 12.7. The van der Waals surface area contributed by atoms with E-state index in [2.05, 4.69) is 11.4 Å². The quantitative estimate of drug-likeness (QED) is 0.813. The van der Waals surface area contributed by atoms with E-state index >= 15 is 0 Å². The van der Waals surface area contributed by atoms with Gasteiger partial charge in [-0.05, 0) is 43.0 Å². The fraction of sp³-hybridized carbons (Fsp3) is 0.300. The lowest BCUT2D eigenvalue weighted by Gasteiger charge is -2.16. The van der Waals surface area contributed by atoms with Crippen molar-refractivity contribution in [3.8, 4) is 5.75 Å². The molecule has 2 aromatic rings. The normalized spacial score (nSPS) is 14.6. The Hall–Kier alpha value is -2.82. The van der Waals surface area contributed by atoms with E-state index in [0.29, 0.717) is 12.3 Å². The molecule has 25 heavy (non-hydrogen) atoms. The van der Waals surface area contributed by atoms with Crippen LogP contribution in [0.1, 0.15) is 29.5 Å². The first-order valence-electron chi connectivity index (χ1n) is 8.29. The third kappa shape index (κ3) is 3.99. The summed E-state index contributed by atoms with van der Waals surface area (Å²) in [7, 11) is 0. The summed E-state index contributed by atoms with van der Waals surface area (Å²) in [5.74, 6) is -0.503. The Bertz CT molecular complexity index is 796. The second-order valence-electron chi connectivity index (χ2n) is 6.46. The van der Waals surface area contributed by atoms with E-state index < -0.39 is 11.4 Å². The van der Waals surface area contributed by atoms with Gasteiger partial charge in [-0.15, -0.1) is 0 Å². The summed E-state index contributed by atoms with van der Waals surface area (Å²) in [6, 6.07) is 15.2. The largest absolute Gasteiger partial charge is 0.482 e. The number of rotatable bonds is 7. The maximum Gasteiger partial charge on any atom is 0.341 e. The number of aryl methyl sites for hydroxylation is 1. The van der Waals surface area contributed by atoms with Crippen LogP contribution in [-0.4, -0.2) is 23.6 Å². The predicted molar refractivity (Wildman–Crippen MR) is 93.5 cm³/mol. The molecule has 0 unspecified atom stereocenters. The number of carboxylic acid groups (broad SMARTS) is 1. The highest BCUT2D eigenvalue weighted by Gasteiger charge is 2.51. The lowest BCUT2D eigenvalue weighted by atomic mass is 9.93. The minimum atomic E-state index is -1.02. The highest BCUT2D eigenvalue weighted by atomic mass is 16.5. The molecule has 0 aromatic heterocycles. The van der Waals surface area contributed by atoms with E-state index in [1.807, 2.05) is 31.2 Å². The summed E-state index contributed by atoms with van der Waals surface area (Å²) in [4.78, 5) is 23.3. The Balaban J connectivity index is 1.63. The van der Waals surface area contributed by atoms with Gasteiger partial charge < -0.3 is 15.2 Å². The van der Waals surface area contributed by atoms with Crippen LogP contribution in [0.4, 0.5) is 0 Å². The molecule has 0 saturated heterocycles. The van der Waals surface area contributed by atoms with Gasteiger partial charge in [0.1, 0.15) is 5.75 Å². The molecule has 2 N–H and O–H groups in total. The second kappa shape index (κ2) is 6.97. The summed E-state index contributed by atoms with van der Waals surface area (Å²) >= 11 is 0. The molecule has 0 bridgehead atoms. The van der Waals surface area contributed by atoms with Gasteiger partial charge in [-0.1, -0.05) is 42.0 Å². The molecule has 1 aliphatic rings. The molecular formula is C20H21NO4. The maximum atomic E-state index is 12.7. The zero-order valence-electron chi connectivity index (χ0n) is 14.1. The van der Waals surface area contributed by atoms with E-state index in [1.54, 1.807) is 18.2 Å². The summed E-state index contributed by atoms with van der Waals surface area (Å²) < 4.78 is 5.16. The van der Waals surface area contributed by atoms with E-state index in [9.17, 15) is 9.59 Å². The first-order valence-corrected chi connectivity index (χ1v) is 8.29. The predicted octanol–water partition coefficient (Wildman–Crippen LogP) is 2.81. The van der Waals surface area contributed by atoms with Crippen LogP contribution in [0.25, 0.3) is 0 Å². The molecule has 0 radical (unpaired) electrons. The molecule has 1 saturated carbocycles. The summed E-state index contributed by atoms with van der Waals surface area (Å²) in [6.45, 7) is 2.03. The Kier molecular flexibility index (Phi) is 4.74. The highest BCUT2D eigenvalue weighted by molar-refractivity contribution is 5.91.